The van der Waals surface area contributed by atoms with E-state index in [1.807, 2.05) is 0 Å². The minimum Gasteiger partial charge on any atom is -0.326 e. The van der Waals surface area contributed by atoms with Crippen LogP contribution in [0, 0.1) is 11.8 Å². The van der Waals surface area contributed by atoms with E-state index in [4.69, 9.17) is 5.73 Å². The van der Waals surface area contributed by atoms with Crippen LogP contribution in [0.1, 0.15) is 71.1 Å². The summed E-state index contributed by atoms with van der Waals surface area (Å²) in [5.41, 5.74) is 7.12. The van der Waals surface area contributed by atoms with E-state index in [9.17, 15) is 0 Å². The number of nitrogens with zero attached hydrogens (tertiary/aromatic N) is 1. The molecule has 0 radical (unpaired) electrons. The van der Waals surface area contributed by atoms with Crippen LogP contribution in [0.5, 0.6) is 0 Å². The summed E-state index contributed by atoms with van der Waals surface area (Å²) in [7, 11) is 4.52. The maximum absolute atomic E-state index is 6.85. The largest absolute Gasteiger partial charge is 0.326 e. The molecule has 2 fully saturated rings. The van der Waals surface area contributed by atoms with Gasteiger partial charge in [-0.15, -0.1) is 0 Å². The Hall–Kier alpha value is -0.0800. The van der Waals surface area contributed by atoms with Gasteiger partial charge in [0.1, 0.15) is 0 Å². The van der Waals surface area contributed by atoms with Gasteiger partial charge in [-0.05, 0) is 51.6 Å². The molecule has 2 saturated carbocycles. The SMILES string of the molecule is CC1CCCC(C(N)C2CCCCCC2)(N(C)C)C1. The fraction of sp³-hybridized carbons (Fsp3) is 1.00. The van der Waals surface area contributed by atoms with Gasteiger partial charge in [-0.3, -0.25) is 0 Å². The lowest BCUT2D eigenvalue weighted by molar-refractivity contribution is 0.0276. The van der Waals surface area contributed by atoms with Gasteiger partial charge in [0.2, 0.25) is 0 Å². The van der Waals surface area contributed by atoms with E-state index in [1.54, 1.807) is 0 Å². The van der Waals surface area contributed by atoms with Crippen molar-refractivity contribution >= 4 is 0 Å². The Morgan fingerprint density at radius 3 is 2.16 bits per heavy atom. The van der Waals surface area contributed by atoms with Crippen molar-refractivity contribution in [2.24, 2.45) is 17.6 Å². The highest BCUT2D eigenvalue weighted by atomic mass is 15.2. The first kappa shape index (κ1) is 15.3. The van der Waals surface area contributed by atoms with E-state index in [0.29, 0.717) is 6.04 Å². The Balaban J connectivity index is 2.12. The molecule has 2 heteroatoms. The summed E-state index contributed by atoms with van der Waals surface area (Å²) in [6.07, 6.45) is 13.8. The average Bonchev–Trinajstić information content (AvgIpc) is 2.66. The normalized spacial score (nSPS) is 36.2. The van der Waals surface area contributed by atoms with Crippen molar-refractivity contribution in [1.82, 2.24) is 4.90 Å². The third kappa shape index (κ3) is 3.33. The molecule has 0 aliphatic heterocycles. The van der Waals surface area contributed by atoms with E-state index < -0.39 is 0 Å². The molecular formula is C17H34N2. The minimum atomic E-state index is 0.271. The fourth-order valence-corrected chi connectivity index (χ4v) is 4.68. The van der Waals surface area contributed by atoms with Crippen LogP contribution in [0.2, 0.25) is 0 Å². The maximum atomic E-state index is 6.85. The zero-order valence-electron chi connectivity index (χ0n) is 13.3. The predicted octanol–water partition coefficient (Wildman–Crippen LogP) is 3.79. The Kier molecular flexibility index (Phi) is 5.30. The van der Waals surface area contributed by atoms with Gasteiger partial charge in [0.15, 0.2) is 0 Å². The number of nitrogens with two attached hydrogens (primary N) is 1. The van der Waals surface area contributed by atoms with Crippen molar-refractivity contribution < 1.29 is 0 Å². The quantitative estimate of drug-likeness (QED) is 0.787. The van der Waals surface area contributed by atoms with Gasteiger partial charge in [0, 0.05) is 11.6 Å². The van der Waals surface area contributed by atoms with E-state index >= 15 is 0 Å². The van der Waals surface area contributed by atoms with Crippen molar-refractivity contribution in [2.45, 2.75) is 82.7 Å². The number of rotatable bonds is 3. The molecule has 0 aromatic heterocycles. The van der Waals surface area contributed by atoms with Crippen LogP contribution in [0.15, 0.2) is 0 Å². The van der Waals surface area contributed by atoms with E-state index in [1.165, 1.54) is 64.2 Å². The topological polar surface area (TPSA) is 29.3 Å². The second-order valence-electron chi connectivity index (χ2n) is 7.48. The predicted molar refractivity (Wildman–Crippen MR) is 83.2 cm³/mol. The highest BCUT2D eigenvalue weighted by Crippen LogP contribution is 2.41. The molecule has 0 aromatic rings. The van der Waals surface area contributed by atoms with Gasteiger partial charge in [-0.25, -0.2) is 0 Å². The number of likely N-dealkylation sites (N-methyl/N-ethyl adjacent to an activating group) is 1. The highest BCUT2D eigenvalue weighted by Gasteiger charge is 2.44. The van der Waals surface area contributed by atoms with Crippen molar-refractivity contribution in [2.75, 3.05) is 14.1 Å². The first-order valence-corrected chi connectivity index (χ1v) is 8.49. The summed E-state index contributed by atoms with van der Waals surface area (Å²) < 4.78 is 0. The lowest BCUT2D eigenvalue weighted by Crippen LogP contribution is -2.62. The lowest BCUT2D eigenvalue weighted by atomic mass is 9.67. The van der Waals surface area contributed by atoms with Gasteiger partial charge in [-0.1, -0.05) is 45.4 Å². The van der Waals surface area contributed by atoms with Crippen molar-refractivity contribution in [1.29, 1.82) is 0 Å². The second-order valence-corrected chi connectivity index (χ2v) is 7.48. The smallest absolute Gasteiger partial charge is 0.0359 e. The Morgan fingerprint density at radius 2 is 1.63 bits per heavy atom. The van der Waals surface area contributed by atoms with Crippen LogP contribution in [-0.4, -0.2) is 30.6 Å². The third-order valence-electron chi connectivity index (χ3n) is 5.93. The molecule has 19 heavy (non-hydrogen) atoms. The molecular weight excluding hydrogens is 232 g/mol. The van der Waals surface area contributed by atoms with Crippen LogP contribution < -0.4 is 5.73 Å². The van der Waals surface area contributed by atoms with Gasteiger partial charge in [0.25, 0.3) is 0 Å². The summed E-state index contributed by atoms with van der Waals surface area (Å²) in [6, 6.07) is 0.378. The summed E-state index contributed by atoms with van der Waals surface area (Å²) in [5.74, 6) is 1.60. The van der Waals surface area contributed by atoms with Gasteiger partial charge >= 0.3 is 0 Å². The lowest BCUT2D eigenvalue weighted by Gasteiger charge is -2.51. The zero-order valence-corrected chi connectivity index (χ0v) is 13.3. The summed E-state index contributed by atoms with van der Waals surface area (Å²) in [5, 5.41) is 0. The van der Waals surface area contributed by atoms with Crippen LogP contribution in [0.25, 0.3) is 0 Å². The van der Waals surface area contributed by atoms with E-state index in [0.717, 1.165) is 11.8 Å². The molecule has 0 amide bonds. The minimum absolute atomic E-state index is 0.271. The molecule has 0 bridgehead atoms. The molecule has 0 heterocycles. The molecule has 0 saturated heterocycles. The van der Waals surface area contributed by atoms with Crippen LogP contribution in [0.3, 0.4) is 0 Å². The van der Waals surface area contributed by atoms with Crippen molar-refractivity contribution in [3.63, 3.8) is 0 Å². The highest BCUT2D eigenvalue weighted by molar-refractivity contribution is 5.03. The molecule has 2 aliphatic carbocycles. The third-order valence-corrected chi connectivity index (χ3v) is 5.93. The molecule has 3 atom stereocenters. The molecule has 0 aromatic carbocycles. The van der Waals surface area contributed by atoms with Crippen molar-refractivity contribution in [3.8, 4) is 0 Å². The Labute approximate surface area is 120 Å². The molecule has 3 unspecified atom stereocenters. The standard InChI is InChI=1S/C17H34N2/c1-14-9-8-12-17(13-14,19(2)3)16(18)15-10-6-4-5-7-11-15/h14-16H,4-13,18H2,1-3H3. The fourth-order valence-electron chi connectivity index (χ4n) is 4.68. The zero-order chi connectivity index (χ0) is 13.9. The Morgan fingerprint density at radius 1 is 1.00 bits per heavy atom. The molecule has 2 rings (SSSR count). The molecule has 2 N–H and O–H groups in total. The van der Waals surface area contributed by atoms with Crippen LogP contribution in [0.4, 0.5) is 0 Å². The van der Waals surface area contributed by atoms with E-state index in [2.05, 4.69) is 25.9 Å². The summed E-state index contributed by atoms with van der Waals surface area (Å²) >= 11 is 0. The van der Waals surface area contributed by atoms with Gasteiger partial charge in [-0.2, -0.15) is 0 Å². The summed E-state index contributed by atoms with van der Waals surface area (Å²) in [4.78, 5) is 2.47. The van der Waals surface area contributed by atoms with Crippen molar-refractivity contribution in [3.05, 3.63) is 0 Å². The maximum Gasteiger partial charge on any atom is 0.0359 e. The van der Waals surface area contributed by atoms with Crippen LogP contribution in [-0.2, 0) is 0 Å². The molecule has 2 aliphatic rings. The number of hydrogen-bond acceptors (Lipinski definition) is 2. The summed E-state index contributed by atoms with van der Waals surface area (Å²) in [6.45, 7) is 2.41. The first-order valence-electron chi connectivity index (χ1n) is 8.49. The van der Waals surface area contributed by atoms with Gasteiger partial charge < -0.3 is 10.6 Å². The van der Waals surface area contributed by atoms with E-state index in [-0.39, 0.29) is 5.54 Å². The molecule has 0 spiro atoms. The Bertz CT molecular complexity index is 268. The average molecular weight is 266 g/mol. The second kappa shape index (κ2) is 6.58. The monoisotopic (exact) mass is 266 g/mol. The molecule has 2 nitrogen and oxygen atoms in total. The first-order chi connectivity index (χ1) is 9.06. The number of hydrogen-bond donors (Lipinski definition) is 1. The molecule has 112 valence electrons. The van der Waals surface area contributed by atoms with Gasteiger partial charge in [0.05, 0.1) is 0 Å². The van der Waals surface area contributed by atoms with Crippen LogP contribution >= 0.6 is 0 Å².